The van der Waals surface area contributed by atoms with Crippen molar-refractivity contribution in [3.8, 4) is 5.69 Å². The topological polar surface area (TPSA) is 84.3 Å². The molecule has 3 aromatic rings. The van der Waals surface area contributed by atoms with Crippen LogP contribution in [0.2, 0.25) is 0 Å². The molecule has 0 radical (unpaired) electrons. The molecule has 0 aliphatic rings. The molecule has 7 heteroatoms. The normalized spacial score (nSPS) is 10.4. The number of hydrogen-bond acceptors (Lipinski definition) is 4. The molecule has 0 unspecified atom stereocenters. The van der Waals surface area contributed by atoms with Gasteiger partial charge in [0.1, 0.15) is 0 Å². The summed E-state index contributed by atoms with van der Waals surface area (Å²) >= 11 is 0. The van der Waals surface area contributed by atoms with Crippen LogP contribution in [-0.2, 0) is 6.54 Å². The summed E-state index contributed by atoms with van der Waals surface area (Å²) in [6.07, 6.45) is 0. The number of carbonyl (C=O) groups excluding carboxylic acids is 2. The van der Waals surface area contributed by atoms with Gasteiger partial charge < -0.3 is 10.2 Å². The fraction of sp³-hybridized carbons (Fsp3) is 0.182. The number of para-hydroxylation sites is 1. The quantitative estimate of drug-likeness (QED) is 0.724. The van der Waals surface area contributed by atoms with Crippen molar-refractivity contribution in [1.82, 2.24) is 20.0 Å². The predicted molar refractivity (Wildman–Crippen MR) is 110 cm³/mol. The fourth-order valence-electron chi connectivity index (χ4n) is 2.82. The molecule has 1 aromatic heterocycles. The minimum atomic E-state index is -0.548. The lowest BCUT2D eigenvalue weighted by Crippen LogP contribution is -2.31. The second kappa shape index (κ2) is 8.52. The lowest BCUT2D eigenvalue weighted by molar-refractivity contribution is 0.0827. The van der Waals surface area contributed by atoms with E-state index in [1.807, 2.05) is 30.3 Å². The number of nitrogens with one attached hydrogen (secondary N) is 1. The summed E-state index contributed by atoms with van der Waals surface area (Å²) in [5, 5.41) is 6.97. The van der Waals surface area contributed by atoms with Crippen molar-refractivity contribution in [3.63, 3.8) is 0 Å². The number of aryl methyl sites for hydroxylation is 1. The van der Waals surface area contributed by atoms with Crippen LogP contribution in [0.4, 0.5) is 0 Å². The number of carbonyl (C=O) groups is 2. The Hall–Kier alpha value is -3.74. The van der Waals surface area contributed by atoms with E-state index in [1.54, 1.807) is 50.0 Å². The molecular formula is C22H22N4O3. The van der Waals surface area contributed by atoms with E-state index in [-0.39, 0.29) is 18.1 Å². The maximum atomic E-state index is 12.6. The Kier molecular flexibility index (Phi) is 5.87. The molecule has 0 bridgehead atoms. The molecule has 0 fully saturated rings. The molecule has 0 saturated carbocycles. The summed E-state index contributed by atoms with van der Waals surface area (Å²) < 4.78 is 1.57. The second-order valence-electron chi connectivity index (χ2n) is 6.83. The monoisotopic (exact) mass is 390 g/mol. The van der Waals surface area contributed by atoms with Gasteiger partial charge in [-0.25, -0.2) is 4.68 Å². The molecule has 148 valence electrons. The van der Waals surface area contributed by atoms with Gasteiger partial charge in [-0.15, -0.1) is 0 Å². The van der Waals surface area contributed by atoms with E-state index in [0.29, 0.717) is 11.3 Å². The first-order chi connectivity index (χ1) is 13.9. The zero-order chi connectivity index (χ0) is 21.0. The van der Waals surface area contributed by atoms with Crippen LogP contribution in [0.15, 0.2) is 65.5 Å². The van der Waals surface area contributed by atoms with Gasteiger partial charge >= 0.3 is 0 Å². The van der Waals surface area contributed by atoms with Crippen LogP contribution in [0.3, 0.4) is 0 Å². The summed E-state index contributed by atoms with van der Waals surface area (Å²) in [6.45, 7) is 1.98. The van der Waals surface area contributed by atoms with Crippen LogP contribution in [0.25, 0.3) is 5.69 Å². The molecule has 3 rings (SSSR count). The number of nitrogens with zero attached hydrogens (tertiary/aromatic N) is 3. The third kappa shape index (κ3) is 4.57. The van der Waals surface area contributed by atoms with E-state index in [0.717, 1.165) is 11.3 Å². The molecule has 1 heterocycles. The van der Waals surface area contributed by atoms with Gasteiger partial charge in [-0.2, -0.15) is 5.10 Å². The second-order valence-corrected chi connectivity index (χ2v) is 6.83. The Balaban J connectivity index is 1.76. The average Bonchev–Trinajstić information content (AvgIpc) is 2.72. The van der Waals surface area contributed by atoms with Crippen molar-refractivity contribution in [2.75, 3.05) is 14.1 Å². The van der Waals surface area contributed by atoms with E-state index in [2.05, 4.69) is 10.4 Å². The highest BCUT2D eigenvalue weighted by Crippen LogP contribution is 2.09. The molecule has 0 atom stereocenters. The van der Waals surface area contributed by atoms with Gasteiger partial charge in [0.15, 0.2) is 5.69 Å². The van der Waals surface area contributed by atoms with Gasteiger partial charge in [0.25, 0.3) is 11.8 Å². The summed E-state index contributed by atoms with van der Waals surface area (Å²) in [5.74, 6) is -0.640. The largest absolute Gasteiger partial charge is 0.346 e. The molecule has 7 nitrogen and oxygen atoms in total. The van der Waals surface area contributed by atoms with Crippen molar-refractivity contribution >= 4 is 11.8 Å². The van der Waals surface area contributed by atoms with Gasteiger partial charge in [0.2, 0.25) is 5.43 Å². The maximum absolute atomic E-state index is 12.6. The molecule has 1 N–H and O–H groups in total. The lowest BCUT2D eigenvalue weighted by Gasteiger charge is -2.12. The van der Waals surface area contributed by atoms with Crippen molar-refractivity contribution < 1.29 is 9.59 Å². The Morgan fingerprint density at radius 1 is 1.03 bits per heavy atom. The summed E-state index contributed by atoms with van der Waals surface area (Å²) in [4.78, 5) is 38.3. The lowest BCUT2D eigenvalue weighted by atomic mass is 10.1. The first-order valence-electron chi connectivity index (χ1n) is 9.12. The minimum Gasteiger partial charge on any atom is -0.346 e. The van der Waals surface area contributed by atoms with Gasteiger partial charge in [-0.3, -0.25) is 14.4 Å². The zero-order valence-corrected chi connectivity index (χ0v) is 16.5. The number of aromatic nitrogens is 2. The Morgan fingerprint density at radius 3 is 2.31 bits per heavy atom. The first kappa shape index (κ1) is 20.0. The van der Waals surface area contributed by atoms with Crippen LogP contribution in [-0.4, -0.2) is 40.6 Å². The predicted octanol–water partition coefficient (Wildman–Crippen LogP) is 2.17. The summed E-state index contributed by atoms with van der Waals surface area (Å²) in [7, 11) is 3.38. The summed E-state index contributed by atoms with van der Waals surface area (Å²) in [5.41, 5.74) is 2.18. The smallest absolute Gasteiger partial charge is 0.276 e. The van der Waals surface area contributed by atoms with Gasteiger partial charge in [-0.1, -0.05) is 30.3 Å². The van der Waals surface area contributed by atoms with Crippen LogP contribution in [0.5, 0.6) is 0 Å². The molecular weight excluding hydrogens is 368 g/mol. The third-order valence-corrected chi connectivity index (χ3v) is 4.38. The zero-order valence-electron chi connectivity index (χ0n) is 16.5. The van der Waals surface area contributed by atoms with E-state index in [1.165, 1.54) is 11.0 Å². The number of hydrogen-bond donors (Lipinski definition) is 1. The molecule has 2 aromatic carbocycles. The Bertz CT molecular complexity index is 1090. The SMILES string of the molecule is Cc1cc(=O)c(C(=O)NCc2ccc(C(=O)N(C)C)cc2)nn1-c1ccccc1. The van der Waals surface area contributed by atoms with Crippen LogP contribution in [0.1, 0.15) is 32.1 Å². The molecule has 0 aliphatic carbocycles. The van der Waals surface area contributed by atoms with Gasteiger partial charge in [0, 0.05) is 38.0 Å². The third-order valence-electron chi connectivity index (χ3n) is 4.38. The number of amides is 2. The highest BCUT2D eigenvalue weighted by atomic mass is 16.2. The highest BCUT2D eigenvalue weighted by Gasteiger charge is 2.15. The van der Waals surface area contributed by atoms with Gasteiger partial charge in [0.05, 0.1) is 5.69 Å². The van der Waals surface area contributed by atoms with E-state index in [4.69, 9.17) is 0 Å². The van der Waals surface area contributed by atoms with E-state index < -0.39 is 11.3 Å². The Morgan fingerprint density at radius 2 is 1.69 bits per heavy atom. The van der Waals surface area contributed by atoms with Crippen LogP contribution < -0.4 is 10.7 Å². The van der Waals surface area contributed by atoms with Crippen molar-refractivity contribution in [2.24, 2.45) is 0 Å². The first-order valence-corrected chi connectivity index (χ1v) is 9.12. The van der Waals surface area contributed by atoms with E-state index in [9.17, 15) is 14.4 Å². The molecule has 2 amide bonds. The molecule has 0 saturated heterocycles. The molecule has 0 spiro atoms. The highest BCUT2D eigenvalue weighted by molar-refractivity contribution is 5.94. The minimum absolute atomic E-state index is 0.0918. The van der Waals surface area contributed by atoms with Crippen molar-refractivity contribution in [3.05, 3.63) is 93.4 Å². The Labute approximate surface area is 168 Å². The van der Waals surface area contributed by atoms with E-state index >= 15 is 0 Å². The van der Waals surface area contributed by atoms with Gasteiger partial charge in [-0.05, 0) is 36.8 Å². The standard InChI is InChI=1S/C22H22N4O3/c1-15-13-19(27)20(24-26(15)18-7-5-4-6-8-18)21(28)23-14-16-9-11-17(12-10-16)22(29)25(2)3/h4-13H,14H2,1-3H3,(H,23,28). The average molecular weight is 390 g/mol. The summed E-state index contributed by atoms with van der Waals surface area (Å²) in [6, 6.07) is 17.6. The van der Waals surface area contributed by atoms with Crippen molar-refractivity contribution in [1.29, 1.82) is 0 Å². The van der Waals surface area contributed by atoms with Crippen LogP contribution in [0, 0.1) is 6.92 Å². The fourth-order valence-corrected chi connectivity index (χ4v) is 2.82. The molecule has 0 aliphatic heterocycles. The maximum Gasteiger partial charge on any atom is 0.276 e. The number of rotatable bonds is 5. The van der Waals surface area contributed by atoms with Crippen molar-refractivity contribution in [2.45, 2.75) is 13.5 Å². The molecule has 29 heavy (non-hydrogen) atoms. The number of benzene rings is 2. The van der Waals surface area contributed by atoms with Crippen LogP contribution >= 0.6 is 0 Å².